The zero-order chi connectivity index (χ0) is 12.7. The minimum Gasteiger partial charge on any atom is -0.392 e. The van der Waals surface area contributed by atoms with Gasteiger partial charge in [-0.05, 0) is 19.3 Å². The molecule has 2 spiro atoms. The number of aliphatic hydroxyl groups excluding tert-OH is 1. The van der Waals surface area contributed by atoms with Crippen LogP contribution in [0.2, 0.25) is 0 Å². The van der Waals surface area contributed by atoms with Crippen LogP contribution in [0.15, 0.2) is 0 Å². The van der Waals surface area contributed by atoms with E-state index in [2.05, 4.69) is 0 Å². The topological polar surface area (TPSA) is 57.2 Å². The lowest BCUT2D eigenvalue weighted by Gasteiger charge is -2.65. The van der Waals surface area contributed by atoms with Crippen molar-refractivity contribution in [2.75, 3.05) is 26.4 Å². The van der Waals surface area contributed by atoms with Crippen LogP contribution in [0.25, 0.3) is 0 Å². The van der Waals surface area contributed by atoms with Crippen molar-refractivity contribution < 1.29 is 24.1 Å². The fourth-order valence-electron chi connectivity index (χ4n) is 5.56. The fraction of sp³-hybridized carbons (Fsp3) is 1.00. The van der Waals surface area contributed by atoms with Gasteiger partial charge in [0.1, 0.15) is 0 Å². The predicted molar refractivity (Wildman–Crippen MR) is 63.1 cm³/mol. The van der Waals surface area contributed by atoms with Crippen molar-refractivity contribution in [2.45, 2.75) is 36.9 Å². The van der Waals surface area contributed by atoms with Gasteiger partial charge < -0.3 is 24.1 Å². The average molecular weight is 268 g/mol. The summed E-state index contributed by atoms with van der Waals surface area (Å²) < 4.78 is 23.9. The summed E-state index contributed by atoms with van der Waals surface area (Å²) in [6.07, 6.45) is 2.41. The summed E-state index contributed by atoms with van der Waals surface area (Å²) in [5, 5.41) is 10.8. The molecule has 6 fully saturated rings. The van der Waals surface area contributed by atoms with Gasteiger partial charge in [-0.1, -0.05) is 0 Å². The largest absolute Gasteiger partial charge is 0.392 e. The van der Waals surface area contributed by atoms with Crippen LogP contribution in [0.3, 0.4) is 0 Å². The van der Waals surface area contributed by atoms with Crippen molar-refractivity contribution in [3.05, 3.63) is 0 Å². The molecule has 0 radical (unpaired) electrons. The van der Waals surface area contributed by atoms with E-state index in [0.29, 0.717) is 38.3 Å². The smallest absolute Gasteiger partial charge is 0.176 e. The van der Waals surface area contributed by atoms with Crippen LogP contribution in [0.5, 0.6) is 0 Å². The van der Waals surface area contributed by atoms with E-state index in [1.165, 1.54) is 0 Å². The maximum Gasteiger partial charge on any atom is 0.176 e. The molecule has 0 amide bonds. The Labute approximate surface area is 112 Å². The van der Waals surface area contributed by atoms with E-state index < -0.39 is 17.7 Å². The summed E-state index contributed by atoms with van der Waals surface area (Å²) in [6.45, 7) is 2.64. The van der Waals surface area contributed by atoms with Crippen molar-refractivity contribution in [2.24, 2.45) is 23.7 Å². The molecule has 5 nitrogen and oxygen atoms in total. The molecule has 0 aromatic heterocycles. The highest BCUT2D eigenvalue weighted by Crippen LogP contribution is 2.65. The third-order valence-corrected chi connectivity index (χ3v) is 6.12. The Bertz CT molecular complexity index is 363. The van der Waals surface area contributed by atoms with Crippen molar-refractivity contribution in [1.82, 2.24) is 0 Å². The molecule has 0 aromatic carbocycles. The molecule has 4 atom stereocenters. The van der Waals surface area contributed by atoms with Crippen molar-refractivity contribution in [3.63, 3.8) is 0 Å². The minimum atomic E-state index is -0.507. The number of aliphatic hydroxyl groups is 1. The highest BCUT2D eigenvalue weighted by molar-refractivity contribution is 5.15. The molecule has 0 aromatic rings. The van der Waals surface area contributed by atoms with E-state index in [1.54, 1.807) is 0 Å². The third-order valence-electron chi connectivity index (χ3n) is 6.12. The van der Waals surface area contributed by atoms with Crippen LogP contribution in [0.4, 0.5) is 0 Å². The number of hydrogen-bond donors (Lipinski definition) is 1. The molecule has 19 heavy (non-hydrogen) atoms. The van der Waals surface area contributed by atoms with Gasteiger partial charge in [-0.3, -0.25) is 0 Å². The summed E-state index contributed by atoms with van der Waals surface area (Å²) in [7, 11) is 0. The molecule has 6 rings (SSSR count). The minimum absolute atomic E-state index is 0.0934. The van der Waals surface area contributed by atoms with E-state index >= 15 is 0 Å². The molecule has 4 bridgehead atoms. The van der Waals surface area contributed by atoms with Gasteiger partial charge in [-0.25, -0.2) is 0 Å². The Kier molecular flexibility index (Phi) is 2.12. The Balaban J connectivity index is 1.57. The monoisotopic (exact) mass is 268 g/mol. The third kappa shape index (κ3) is 1.16. The van der Waals surface area contributed by atoms with E-state index in [4.69, 9.17) is 18.9 Å². The molecular weight excluding hydrogens is 248 g/mol. The Morgan fingerprint density at radius 3 is 1.53 bits per heavy atom. The van der Waals surface area contributed by atoms with Crippen LogP contribution in [0.1, 0.15) is 19.3 Å². The molecule has 4 saturated carbocycles. The molecule has 2 heterocycles. The van der Waals surface area contributed by atoms with Gasteiger partial charge in [0.15, 0.2) is 11.6 Å². The normalized spacial score (nSPS) is 52.6. The van der Waals surface area contributed by atoms with Gasteiger partial charge in [-0.15, -0.1) is 0 Å². The standard InChI is InChI=1S/C14H20O5/c15-12-10-7-9-5-8(13(10)16-1-2-17-13)6-11(12)14(9)18-3-4-19-14/h8-12,15H,1-7H2. The number of hydrogen-bond acceptors (Lipinski definition) is 5. The molecular formula is C14H20O5. The second-order valence-corrected chi connectivity index (χ2v) is 6.64. The lowest BCUT2D eigenvalue weighted by Crippen LogP contribution is -2.72. The van der Waals surface area contributed by atoms with E-state index in [9.17, 15) is 5.11 Å². The average Bonchev–Trinajstić information content (AvgIpc) is 3.05. The molecule has 4 aliphatic carbocycles. The van der Waals surface area contributed by atoms with Crippen molar-refractivity contribution in [3.8, 4) is 0 Å². The fourth-order valence-corrected chi connectivity index (χ4v) is 5.56. The highest BCUT2D eigenvalue weighted by Gasteiger charge is 2.73. The summed E-state index contributed by atoms with van der Waals surface area (Å²) in [5.41, 5.74) is 0. The van der Waals surface area contributed by atoms with E-state index in [0.717, 1.165) is 19.3 Å². The zero-order valence-electron chi connectivity index (χ0n) is 10.9. The number of rotatable bonds is 0. The molecule has 106 valence electrons. The van der Waals surface area contributed by atoms with Crippen molar-refractivity contribution in [1.29, 1.82) is 0 Å². The molecule has 2 saturated heterocycles. The highest BCUT2D eigenvalue weighted by atomic mass is 16.7. The quantitative estimate of drug-likeness (QED) is 0.693. The van der Waals surface area contributed by atoms with Gasteiger partial charge in [-0.2, -0.15) is 0 Å². The first-order valence-corrected chi connectivity index (χ1v) is 7.50. The van der Waals surface area contributed by atoms with Crippen molar-refractivity contribution >= 4 is 0 Å². The number of ether oxygens (including phenoxy) is 4. The van der Waals surface area contributed by atoms with Gasteiger partial charge in [0.25, 0.3) is 0 Å². The Morgan fingerprint density at radius 2 is 1.11 bits per heavy atom. The Morgan fingerprint density at radius 1 is 0.684 bits per heavy atom. The first kappa shape index (κ1) is 11.5. The first-order chi connectivity index (χ1) is 9.26. The summed E-state index contributed by atoms with van der Waals surface area (Å²) in [4.78, 5) is 0. The zero-order valence-corrected chi connectivity index (χ0v) is 10.9. The van der Waals surface area contributed by atoms with Gasteiger partial charge in [0.05, 0.1) is 32.5 Å². The van der Waals surface area contributed by atoms with Crippen LogP contribution in [-0.2, 0) is 18.9 Å². The summed E-state index contributed by atoms with van der Waals surface area (Å²) >= 11 is 0. The SMILES string of the molecule is OC1C2CC3CC(CC1C31OCCO1)C21OCCO1. The second-order valence-electron chi connectivity index (χ2n) is 6.64. The summed E-state index contributed by atoms with van der Waals surface area (Å²) in [6, 6.07) is 0. The maximum atomic E-state index is 10.8. The molecule has 4 unspecified atom stereocenters. The summed E-state index contributed by atoms with van der Waals surface area (Å²) in [5.74, 6) is -0.0396. The molecule has 1 N–H and O–H groups in total. The molecule has 5 heteroatoms. The molecule has 2 aliphatic heterocycles. The molecule has 6 aliphatic rings. The van der Waals surface area contributed by atoms with Gasteiger partial charge in [0, 0.05) is 23.7 Å². The van der Waals surface area contributed by atoms with Gasteiger partial charge >= 0.3 is 0 Å². The van der Waals surface area contributed by atoms with Crippen LogP contribution < -0.4 is 0 Å². The van der Waals surface area contributed by atoms with E-state index in [1.807, 2.05) is 0 Å². The van der Waals surface area contributed by atoms with Gasteiger partial charge in [0.2, 0.25) is 0 Å². The lowest BCUT2D eigenvalue weighted by molar-refractivity contribution is -0.385. The first-order valence-electron chi connectivity index (χ1n) is 7.50. The lowest BCUT2D eigenvalue weighted by atomic mass is 9.49. The van der Waals surface area contributed by atoms with Crippen LogP contribution in [0, 0.1) is 23.7 Å². The van der Waals surface area contributed by atoms with Crippen LogP contribution >= 0.6 is 0 Å². The van der Waals surface area contributed by atoms with E-state index in [-0.39, 0.29) is 11.8 Å². The second kappa shape index (κ2) is 3.52. The Hall–Kier alpha value is -0.200. The van der Waals surface area contributed by atoms with Crippen LogP contribution in [-0.4, -0.2) is 49.2 Å². The maximum absolute atomic E-state index is 10.8. The predicted octanol–water partition coefficient (Wildman–Crippen LogP) is 0.509.